The molecule has 0 fully saturated rings. The Labute approximate surface area is 240 Å². The van der Waals surface area contributed by atoms with Crippen molar-refractivity contribution in [2.45, 2.75) is 32.0 Å². The van der Waals surface area contributed by atoms with Gasteiger partial charge in [-0.2, -0.15) is 36.3 Å². The van der Waals surface area contributed by atoms with Gasteiger partial charge >= 0.3 is 12.4 Å². The van der Waals surface area contributed by atoms with E-state index in [0.717, 1.165) is 29.8 Å². The number of nitrogens with zero attached hydrogens (tertiary/aromatic N) is 4. The Morgan fingerprint density at radius 1 is 0.721 bits per heavy atom. The van der Waals surface area contributed by atoms with Crippen molar-refractivity contribution < 1.29 is 35.8 Å². The minimum absolute atomic E-state index is 0.0173. The van der Waals surface area contributed by atoms with Crippen LogP contribution in [0.4, 0.5) is 38.1 Å². The Bertz CT molecular complexity index is 1770. The molecule has 2 aromatic heterocycles. The van der Waals surface area contributed by atoms with Crippen LogP contribution in [0.15, 0.2) is 73.1 Å². The fourth-order valence-electron chi connectivity index (χ4n) is 4.53. The standard InChI is InChI=1S/C29H22F6N6O2/c30-28(31,32)20-7-4-17(5-8-20)14-41-15-38-24-25(36-12-18-2-1-3-21(10-18)29(33,34)35)39-27(40-26(24)41)37-13-19-6-9-22-23(11-19)43-16-42-22/h1-11,15H,12-14,16H2,(H2,36,37,39,40). The van der Waals surface area contributed by atoms with E-state index in [1.807, 2.05) is 12.1 Å². The van der Waals surface area contributed by atoms with Crippen LogP contribution in [0.2, 0.25) is 0 Å². The van der Waals surface area contributed by atoms with Gasteiger partial charge < -0.3 is 24.7 Å². The largest absolute Gasteiger partial charge is 0.454 e. The SMILES string of the molecule is FC(F)(F)c1ccc(Cn2cnc3c(NCc4cccc(C(F)(F)F)c4)nc(NCc4ccc5c(c4)OCO5)nc32)cc1. The van der Waals surface area contributed by atoms with Crippen LogP contribution < -0.4 is 20.1 Å². The predicted molar refractivity (Wildman–Crippen MR) is 145 cm³/mol. The Kier molecular flexibility index (Phi) is 7.20. The summed E-state index contributed by atoms with van der Waals surface area (Å²) in [7, 11) is 0. The number of nitrogens with one attached hydrogen (secondary N) is 2. The number of anilines is 2. The molecule has 3 heterocycles. The van der Waals surface area contributed by atoms with Crippen molar-refractivity contribution in [3.05, 3.63) is 101 Å². The zero-order chi connectivity index (χ0) is 30.2. The van der Waals surface area contributed by atoms with Gasteiger partial charge in [0.25, 0.3) is 0 Å². The lowest BCUT2D eigenvalue weighted by Gasteiger charge is -2.13. The average molecular weight is 601 g/mol. The van der Waals surface area contributed by atoms with Crippen LogP contribution in [0.1, 0.15) is 27.8 Å². The van der Waals surface area contributed by atoms with E-state index >= 15 is 0 Å². The predicted octanol–water partition coefficient (Wildman–Crippen LogP) is 6.87. The fourth-order valence-corrected chi connectivity index (χ4v) is 4.53. The number of aromatic nitrogens is 4. The highest BCUT2D eigenvalue weighted by molar-refractivity contribution is 5.84. The molecule has 0 atom stereocenters. The lowest BCUT2D eigenvalue weighted by molar-refractivity contribution is -0.138. The molecule has 43 heavy (non-hydrogen) atoms. The lowest BCUT2D eigenvalue weighted by atomic mass is 10.1. The monoisotopic (exact) mass is 600 g/mol. The number of ether oxygens (including phenoxy) is 2. The zero-order valence-corrected chi connectivity index (χ0v) is 22.1. The molecule has 1 aliphatic heterocycles. The van der Waals surface area contributed by atoms with Gasteiger partial charge in [-0.1, -0.05) is 30.3 Å². The van der Waals surface area contributed by atoms with Crippen LogP contribution in [-0.4, -0.2) is 26.3 Å². The third-order valence-electron chi connectivity index (χ3n) is 6.70. The molecule has 0 unspecified atom stereocenters. The highest BCUT2D eigenvalue weighted by Gasteiger charge is 2.31. The molecule has 3 aromatic carbocycles. The van der Waals surface area contributed by atoms with Crippen LogP contribution in [0.5, 0.6) is 11.5 Å². The maximum atomic E-state index is 13.2. The summed E-state index contributed by atoms with van der Waals surface area (Å²) in [5, 5.41) is 6.20. The summed E-state index contributed by atoms with van der Waals surface area (Å²) in [4.78, 5) is 13.5. The summed E-state index contributed by atoms with van der Waals surface area (Å²) in [6, 6.07) is 15.1. The Balaban J connectivity index is 1.29. The number of benzene rings is 3. The maximum Gasteiger partial charge on any atom is 0.416 e. The molecule has 0 bridgehead atoms. The molecule has 222 valence electrons. The van der Waals surface area contributed by atoms with E-state index in [0.29, 0.717) is 40.3 Å². The Morgan fingerprint density at radius 3 is 2.19 bits per heavy atom. The highest BCUT2D eigenvalue weighted by atomic mass is 19.4. The number of hydrogen-bond donors (Lipinski definition) is 2. The summed E-state index contributed by atoms with van der Waals surface area (Å²) in [5.41, 5.74) is 0.989. The molecule has 0 amide bonds. The quantitative estimate of drug-likeness (QED) is 0.188. The minimum atomic E-state index is -4.49. The molecule has 0 saturated heterocycles. The van der Waals surface area contributed by atoms with Gasteiger partial charge in [0.15, 0.2) is 28.5 Å². The number of hydrogen-bond acceptors (Lipinski definition) is 7. The van der Waals surface area contributed by atoms with Crippen LogP contribution in [0.3, 0.4) is 0 Å². The summed E-state index contributed by atoms with van der Waals surface area (Å²) in [5.74, 6) is 1.70. The van der Waals surface area contributed by atoms with Gasteiger partial charge in [0.05, 0.1) is 24.0 Å². The van der Waals surface area contributed by atoms with Gasteiger partial charge in [-0.3, -0.25) is 0 Å². The van der Waals surface area contributed by atoms with Crippen molar-refractivity contribution in [1.82, 2.24) is 19.5 Å². The van der Waals surface area contributed by atoms with Crippen molar-refractivity contribution >= 4 is 22.9 Å². The Hall–Kier alpha value is -5.01. The molecule has 14 heteroatoms. The first-order chi connectivity index (χ1) is 20.5. The molecule has 0 aliphatic carbocycles. The molecule has 5 aromatic rings. The van der Waals surface area contributed by atoms with E-state index in [1.54, 1.807) is 16.7 Å². The first-order valence-electron chi connectivity index (χ1n) is 12.9. The van der Waals surface area contributed by atoms with Gasteiger partial charge in [-0.05, 0) is 53.1 Å². The lowest BCUT2D eigenvalue weighted by Crippen LogP contribution is -2.10. The van der Waals surface area contributed by atoms with Crippen molar-refractivity contribution in [1.29, 1.82) is 0 Å². The van der Waals surface area contributed by atoms with Gasteiger partial charge in [-0.25, -0.2) is 4.98 Å². The van der Waals surface area contributed by atoms with E-state index in [-0.39, 0.29) is 31.6 Å². The molecule has 0 saturated carbocycles. The molecular formula is C29H22F6N6O2. The van der Waals surface area contributed by atoms with E-state index in [2.05, 4.69) is 25.6 Å². The van der Waals surface area contributed by atoms with Gasteiger partial charge in [-0.15, -0.1) is 0 Å². The van der Waals surface area contributed by atoms with Crippen molar-refractivity contribution in [3.63, 3.8) is 0 Å². The van der Waals surface area contributed by atoms with Gasteiger partial charge in [0.2, 0.25) is 12.7 Å². The topological polar surface area (TPSA) is 86.1 Å². The second kappa shape index (κ2) is 11.0. The minimum Gasteiger partial charge on any atom is -0.454 e. The summed E-state index contributed by atoms with van der Waals surface area (Å²) < 4.78 is 91.1. The number of imidazole rings is 1. The van der Waals surface area contributed by atoms with Crippen LogP contribution in [-0.2, 0) is 32.0 Å². The zero-order valence-electron chi connectivity index (χ0n) is 22.1. The normalized spacial score (nSPS) is 13.0. The molecule has 1 aliphatic rings. The second-order valence-electron chi connectivity index (χ2n) is 9.73. The number of halogens is 6. The number of alkyl halides is 6. The van der Waals surface area contributed by atoms with Crippen LogP contribution >= 0.6 is 0 Å². The molecule has 6 rings (SSSR count). The van der Waals surface area contributed by atoms with E-state index < -0.39 is 23.5 Å². The average Bonchev–Trinajstić information content (AvgIpc) is 3.61. The fraction of sp³-hybridized carbons (Fsp3) is 0.207. The van der Waals surface area contributed by atoms with Crippen molar-refractivity contribution in [2.75, 3.05) is 17.4 Å². The number of rotatable bonds is 8. The molecule has 8 nitrogen and oxygen atoms in total. The Morgan fingerprint density at radius 2 is 1.42 bits per heavy atom. The number of fused-ring (bicyclic) bond motifs is 2. The van der Waals surface area contributed by atoms with E-state index in [1.165, 1.54) is 24.5 Å². The molecule has 0 radical (unpaired) electrons. The van der Waals surface area contributed by atoms with E-state index in [4.69, 9.17) is 9.47 Å². The van der Waals surface area contributed by atoms with Gasteiger partial charge in [0, 0.05) is 13.1 Å². The second-order valence-corrected chi connectivity index (χ2v) is 9.73. The third-order valence-corrected chi connectivity index (χ3v) is 6.70. The van der Waals surface area contributed by atoms with Gasteiger partial charge in [0.1, 0.15) is 0 Å². The summed E-state index contributed by atoms with van der Waals surface area (Å²) >= 11 is 0. The molecule has 2 N–H and O–H groups in total. The maximum absolute atomic E-state index is 13.2. The summed E-state index contributed by atoms with van der Waals surface area (Å²) in [6.45, 7) is 0.627. The van der Waals surface area contributed by atoms with Crippen LogP contribution in [0, 0.1) is 0 Å². The van der Waals surface area contributed by atoms with Crippen molar-refractivity contribution in [3.8, 4) is 11.5 Å². The summed E-state index contributed by atoms with van der Waals surface area (Å²) in [6.07, 6.45) is -7.46. The van der Waals surface area contributed by atoms with E-state index in [9.17, 15) is 26.3 Å². The van der Waals surface area contributed by atoms with Crippen molar-refractivity contribution in [2.24, 2.45) is 0 Å². The first-order valence-corrected chi connectivity index (χ1v) is 12.9. The van der Waals surface area contributed by atoms with Crippen LogP contribution in [0.25, 0.3) is 11.2 Å². The molecule has 0 spiro atoms. The molecular weight excluding hydrogens is 578 g/mol. The third kappa shape index (κ3) is 6.27. The smallest absolute Gasteiger partial charge is 0.416 e. The first kappa shape index (κ1) is 28.1. The highest BCUT2D eigenvalue weighted by Crippen LogP contribution is 2.33.